The minimum atomic E-state index is -3.79. The van der Waals surface area contributed by atoms with Crippen LogP contribution in [0.4, 0.5) is 4.39 Å². The molecule has 1 aromatic heterocycles. The zero-order chi connectivity index (χ0) is 13.2. The highest BCUT2D eigenvalue weighted by molar-refractivity contribution is 7.89. The molecule has 1 aromatic rings. The standard InChI is InChI=1S/C12H17FN2O2S/c1-2-10-5-4-8-15(9-10)18(16,17)12-11(13)6-3-7-14-12/h3,6-7,10H,2,4-5,8-9H2,1H3. The van der Waals surface area contributed by atoms with Crippen molar-refractivity contribution in [3.8, 4) is 0 Å². The van der Waals surface area contributed by atoms with Crippen molar-refractivity contribution in [1.82, 2.24) is 9.29 Å². The molecule has 0 aliphatic carbocycles. The molecule has 18 heavy (non-hydrogen) atoms. The van der Waals surface area contributed by atoms with Gasteiger partial charge in [-0.2, -0.15) is 4.31 Å². The number of piperidine rings is 1. The third-order valence-corrected chi connectivity index (χ3v) is 5.17. The first-order valence-corrected chi connectivity index (χ1v) is 7.60. The molecule has 0 saturated carbocycles. The van der Waals surface area contributed by atoms with Crippen molar-refractivity contribution in [1.29, 1.82) is 0 Å². The van der Waals surface area contributed by atoms with Gasteiger partial charge in [-0.05, 0) is 30.9 Å². The Bertz CT molecular complexity index is 519. The van der Waals surface area contributed by atoms with Crippen molar-refractivity contribution in [3.63, 3.8) is 0 Å². The highest BCUT2D eigenvalue weighted by atomic mass is 32.2. The van der Waals surface area contributed by atoms with Crippen molar-refractivity contribution in [2.45, 2.75) is 31.2 Å². The summed E-state index contributed by atoms with van der Waals surface area (Å²) in [5, 5.41) is -0.457. The van der Waals surface area contributed by atoms with Gasteiger partial charge in [-0.15, -0.1) is 0 Å². The molecule has 1 aliphatic heterocycles. The van der Waals surface area contributed by atoms with E-state index in [-0.39, 0.29) is 0 Å². The van der Waals surface area contributed by atoms with Crippen molar-refractivity contribution < 1.29 is 12.8 Å². The van der Waals surface area contributed by atoms with E-state index in [0.29, 0.717) is 19.0 Å². The van der Waals surface area contributed by atoms with Gasteiger partial charge in [0.15, 0.2) is 5.82 Å². The first kappa shape index (κ1) is 13.4. The van der Waals surface area contributed by atoms with Crippen molar-refractivity contribution in [3.05, 3.63) is 24.1 Å². The van der Waals surface area contributed by atoms with Gasteiger partial charge in [0.2, 0.25) is 5.03 Å². The van der Waals surface area contributed by atoms with Gasteiger partial charge >= 0.3 is 0 Å². The highest BCUT2D eigenvalue weighted by Crippen LogP contribution is 2.25. The molecule has 1 aliphatic rings. The molecule has 1 unspecified atom stereocenters. The maximum absolute atomic E-state index is 13.6. The van der Waals surface area contributed by atoms with Gasteiger partial charge < -0.3 is 0 Å². The SMILES string of the molecule is CCC1CCCN(S(=O)(=O)c2ncccc2F)C1. The monoisotopic (exact) mass is 272 g/mol. The Morgan fingerprint density at radius 3 is 3.00 bits per heavy atom. The molecule has 0 N–H and O–H groups in total. The van der Waals surface area contributed by atoms with E-state index < -0.39 is 20.9 Å². The summed E-state index contributed by atoms with van der Waals surface area (Å²) in [6.07, 6.45) is 4.10. The molecular formula is C12H17FN2O2S. The van der Waals surface area contributed by atoms with E-state index in [2.05, 4.69) is 4.98 Å². The van der Waals surface area contributed by atoms with Crippen LogP contribution in [0.3, 0.4) is 0 Å². The lowest BCUT2D eigenvalue weighted by molar-refractivity contribution is 0.260. The van der Waals surface area contributed by atoms with Gasteiger partial charge in [0.25, 0.3) is 10.0 Å². The Morgan fingerprint density at radius 1 is 1.56 bits per heavy atom. The minimum Gasteiger partial charge on any atom is -0.241 e. The maximum atomic E-state index is 13.6. The van der Waals surface area contributed by atoms with E-state index in [4.69, 9.17) is 0 Å². The number of hydrogen-bond acceptors (Lipinski definition) is 3. The van der Waals surface area contributed by atoms with Crippen LogP contribution in [0.5, 0.6) is 0 Å². The molecule has 0 spiro atoms. The van der Waals surface area contributed by atoms with Crippen LogP contribution >= 0.6 is 0 Å². The third kappa shape index (κ3) is 2.54. The molecule has 6 heteroatoms. The molecule has 1 saturated heterocycles. The molecule has 0 radical (unpaired) electrons. The summed E-state index contributed by atoms with van der Waals surface area (Å²) in [6, 6.07) is 2.51. The lowest BCUT2D eigenvalue weighted by Crippen LogP contribution is -2.40. The predicted molar refractivity (Wildman–Crippen MR) is 66.0 cm³/mol. The highest BCUT2D eigenvalue weighted by Gasteiger charge is 2.32. The number of sulfonamides is 1. The average molecular weight is 272 g/mol. The molecule has 0 amide bonds. The molecule has 4 nitrogen and oxygen atoms in total. The summed E-state index contributed by atoms with van der Waals surface area (Å²) in [5.74, 6) is -0.420. The normalized spacial score (nSPS) is 22.0. The van der Waals surface area contributed by atoms with Gasteiger partial charge in [-0.25, -0.2) is 17.8 Å². The first-order chi connectivity index (χ1) is 8.55. The van der Waals surface area contributed by atoms with Gasteiger partial charge in [0, 0.05) is 19.3 Å². The van der Waals surface area contributed by atoms with E-state index >= 15 is 0 Å². The molecule has 2 heterocycles. The summed E-state index contributed by atoms with van der Waals surface area (Å²) in [5.41, 5.74) is 0. The number of hydrogen-bond donors (Lipinski definition) is 0. The largest absolute Gasteiger partial charge is 0.263 e. The molecule has 0 bridgehead atoms. The number of rotatable bonds is 3. The molecule has 1 fully saturated rings. The predicted octanol–water partition coefficient (Wildman–Crippen LogP) is 2.03. The summed E-state index contributed by atoms with van der Waals surface area (Å²) in [6.45, 7) is 2.96. The van der Waals surface area contributed by atoms with Gasteiger partial charge in [-0.1, -0.05) is 13.3 Å². The number of aromatic nitrogens is 1. The number of nitrogens with zero attached hydrogens (tertiary/aromatic N) is 2. The van der Waals surface area contributed by atoms with E-state index in [1.165, 1.54) is 16.6 Å². The van der Waals surface area contributed by atoms with Gasteiger partial charge in [0.05, 0.1) is 0 Å². The van der Waals surface area contributed by atoms with Crippen LogP contribution in [-0.4, -0.2) is 30.8 Å². The Kier molecular flexibility index (Phi) is 3.97. The maximum Gasteiger partial charge on any atom is 0.263 e. The Hall–Kier alpha value is -1.01. The quantitative estimate of drug-likeness (QED) is 0.846. The average Bonchev–Trinajstić information content (AvgIpc) is 2.39. The van der Waals surface area contributed by atoms with E-state index in [9.17, 15) is 12.8 Å². The van der Waals surface area contributed by atoms with E-state index in [1.807, 2.05) is 6.92 Å². The van der Waals surface area contributed by atoms with Gasteiger partial charge in [-0.3, -0.25) is 0 Å². The number of pyridine rings is 1. The summed E-state index contributed by atoms with van der Waals surface area (Å²) >= 11 is 0. The second kappa shape index (κ2) is 5.32. The summed E-state index contributed by atoms with van der Waals surface area (Å²) < 4.78 is 39.5. The van der Waals surface area contributed by atoms with E-state index in [1.54, 1.807) is 0 Å². The summed E-state index contributed by atoms with van der Waals surface area (Å²) in [4.78, 5) is 3.67. The Labute approximate surface area is 107 Å². The zero-order valence-corrected chi connectivity index (χ0v) is 11.2. The van der Waals surface area contributed by atoms with Gasteiger partial charge in [0.1, 0.15) is 0 Å². The summed E-state index contributed by atoms with van der Waals surface area (Å²) in [7, 11) is -3.79. The molecular weight excluding hydrogens is 255 g/mol. The van der Waals surface area contributed by atoms with Crippen LogP contribution in [-0.2, 0) is 10.0 Å². The first-order valence-electron chi connectivity index (χ1n) is 6.16. The van der Waals surface area contributed by atoms with E-state index in [0.717, 1.165) is 25.3 Å². The fraction of sp³-hybridized carbons (Fsp3) is 0.583. The minimum absolute atomic E-state index is 0.361. The molecule has 0 aromatic carbocycles. The van der Waals surface area contributed by atoms with Crippen molar-refractivity contribution in [2.75, 3.05) is 13.1 Å². The molecule has 2 rings (SSSR count). The zero-order valence-electron chi connectivity index (χ0n) is 10.3. The molecule has 100 valence electrons. The van der Waals surface area contributed by atoms with Crippen LogP contribution in [0.25, 0.3) is 0 Å². The van der Waals surface area contributed by atoms with Crippen LogP contribution < -0.4 is 0 Å². The van der Waals surface area contributed by atoms with Crippen LogP contribution in [0.2, 0.25) is 0 Å². The van der Waals surface area contributed by atoms with Crippen molar-refractivity contribution in [2.24, 2.45) is 5.92 Å². The lowest BCUT2D eigenvalue weighted by Gasteiger charge is -2.31. The fourth-order valence-electron chi connectivity index (χ4n) is 2.26. The Morgan fingerprint density at radius 2 is 2.33 bits per heavy atom. The smallest absolute Gasteiger partial charge is 0.241 e. The second-order valence-electron chi connectivity index (χ2n) is 4.57. The second-order valence-corrected chi connectivity index (χ2v) is 6.42. The van der Waals surface area contributed by atoms with Crippen LogP contribution in [0.1, 0.15) is 26.2 Å². The molecule has 1 atom stereocenters. The lowest BCUT2D eigenvalue weighted by atomic mass is 9.97. The fourth-order valence-corrected chi connectivity index (χ4v) is 3.79. The van der Waals surface area contributed by atoms with Crippen LogP contribution in [0.15, 0.2) is 23.4 Å². The van der Waals surface area contributed by atoms with Crippen LogP contribution in [0, 0.1) is 11.7 Å². The topological polar surface area (TPSA) is 50.3 Å². The van der Waals surface area contributed by atoms with Crippen molar-refractivity contribution >= 4 is 10.0 Å². The number of halogens is 1. The third-order valence-electron chi connectivity index (χ3n) is 3.37. The Balaban J connectivity index is 2.29.